The molecule has 1 aliphatic heterocycles. The summed E-state index contributed by atoms with van der Waals surface area (Å²) in [4.78, 5) is 4.92. The number of piperazine rings is 1. The molecule has 0 N–H and O–H groups in total. The SMILES string of the molecule is Cc1ccc([C@@H](c2nnnn2Cc2ccco2)N2CCN([C@@H](c3ccc(C)cc3)c3nnnn3Cc3ccco3)CC2)cc1. The molecule has 5 heterocycles. The number of hydrogen-bond donors (Lipinski definition) is 0. The molecule has 7 rings (SSSR count). The summed E-state index contributed by atoms with van der Waals surface area (Å²) in [6.07, 6.45) is 3.34. The van der Waals surface area contributed by atoms with Crippen LogP contribution in [0.25, 0.3) is 0 Å². The van der Waals surface area contributed by atoms with Crippen LogP contribution in [0.15, 0.2) is 94.2 Å². The minimum Gasteiger partial charge on any atom is -0.467 e. The molecule has 1 fully saturated rings. The summed E-state index contributed by atoms with van der Waals surface area (Å²) in [5.74, 6) is 3.19. The van der Waals surface area contributed by atoms with E-state index in [0.29, 0.717) is 13.1 Å². The maximum atomic E-state index is 5.62. The fraction of sp³-hybridized carbons (Fsp3) is 0.312. The molecule has 0 spiro atoms. The zero-order valence-electron chi connectivity index (χ0n) is 24.8. The molecule has 2 aromatic carbocycles. The second-order valence-electron chi connectivity index (χ2n) is 11.2. The summed E-state index contributed by atoms with van der Waals surface area (Å²) in [7, 11) is 0. The Morgan fingerprint density at radius 3 is 1.36 bits per heavy atom. The van der Waals surface area contributed by atoms with Crippen LogP contribution < -0.4 is 0 Å². The van der Waals surface area contributed by atoms with Crippen molar-refractivity contribution in [2.75, 3.05) is 26.2 Å². The lowest BCUT2D eigenvalue weighted by Crippen LogP contribution is -2.50. The Kier molecular flexibility index (Phi) is 7.82. The third-order valence-electron chi connectivity index (χ3n) is 8.25. The van der Waals surface area contributed by atoms with E-state index in [0.717, 1.165) is 60.5 Å². The first-order valence-electron chi connectivity index (χ1n) is 14.8. The number of tetrazole rings is 2. The Labute approximate surface area is 254 Å². The van der Waals surface area contributed by atoms with Crippen LogP contribution in [0.2, 0.25) is 0 Å². The molecular formula is C32H34N10O2. The molecule has 1 saturated heterocycles. The number of aryl methyl sites for hydroxylation is 2. The molecule has 12 nitrogen and oxygen atoms in total. The Bertz CT molecular complexity index is 1620. The Morgan fingerprint density at radius 2 is 1.00 bits per heavy atom. The standard InChI is InChI=1S/C32H34N10O2/c1-23-7-11-25(12-8-23)29(31-33-35-37-41(31)21-27-5-3-19-43-27)39-15-17-40(18-16-39)30(26-13-9-24(2)10-14-26)32-34-36-38-42(32)22-28-6-4-20-44-28/h3-14,19-20,29-30H,15-18,21-22H2,1-2H3/t29-,30-/m0/s1. The van der Waals surface area contributed by atoms with Crippen molar-refractivity contribution in [1.29, 1.82) is 0 Å². The van der Waals surface area contributed by atoms with E-state index >= 15 is 0 Å². The van der Waals surface area contributed by atoms with Gasteiger partial charge >= 0.3 is 0 Å². The lowest BCUT2D eigenvalue weighted by atomic mass is 9.99. The number of benzene rings is 2. The summed E-state index contributed by atoms with van der Waals surface area (Å²) < 4.78 is 14.9. The maximum Gasteiger partial charge on any atom is 0.173 e. The highest BCUT2D eigenvalue weighted by Gasteiger charge is 2.35. The van der Waals surface area contributed by atoms with E-state index in [4.69, 9.17) is 8.83 Å². The third kappa shape index (κ3) is 5.81. The molecule has 0 unspecified atom stereocenters. The number of aromatic nitrogens is 8. The first kappa shape index (κ1) is 27.9. The van der Waals surface area contributed by atoms with Gasteiger partial charge in [0.15, 0.2) is 11.6 Å². The van der Waals surface area contributed by atoms with Crippen LogP contribution in [-0.2, 0) is 13.1 Å². The Morgan fingerprint density at radius 1 is 0.591 bits per heavy atom. The lowest BCUT2D eigenvalue weighted by molar-refractivity contribution is 0.0824. The van der Waals surface area contributed by atoms with Gasteiger partial charge in [0.25, 0.3) is 0 Å². The van der Waals surface area contributed by atoms with Crippen LogP contribution in [0.4, 0.5) is 0 Å². The van der Waals surface area contributed by atoms with E-state index in [1.807, 2.05) is 33.6 Å². The third-order valence-corrected chi connectivity index (χ3v) is 8.25. The fourth-order valence-electron chi connectivity index (χ4n) is 5.94. The van der Waals surface area contributed by atoms with Crippen molar-refractivity contribution >= 4 is 0 Å². The normalized spacial score (nSPS) is 15.9. The largest absolute Gasteiger partial charge is 0.467 e. The molecule has 2 atom stereocenters. The van der Waals surface area contributed by atoms with Gasteiger partial charge < -0.3 is 8.83 Å². The minimum absolute atomic E-state index is 0.121. The second kappa shape index (κ2) is 12.3. The van der Waals surface area contributed by atoms with Crippen LogP contribution in [0.3, 0.4) is 0 Å². The predicted molar refractivity (Wildman–Crippen MR) is 160 cm³/mol. The number of hydrogen-bond acceptors (Lipinski definition) is 10. The van der Waals surface area contributed by atoms with Crippen LogP contribution >= 0.6 is 0 Å². The van der Waals surface area contributed by atoms with Crippen LogP contribution in [-0.4, -0.2) is 76.4 Å². The highest BCUT2D eigenvalue weighted by atomic mass is 16.3. The summed E-state index contributed by atoms with van der Waals surface area (Å²) in [6.45, 7) is 8.33. The van der Waals surface area contributed by atoms with E-state index < -0.39 is 0 Å². The molecule has 12 heteroatoms. The quantitative estimate of drug-likeness (QED) is 0.231. The minimum atomic E-state index is -0.121. The van der Waals surface area contributed by atoms with Crippen molar-refractivity contribution in [3.8, 4) is 0 Å². The zero-order chi connectivity index (χ0) is 29.9. The van der Waals surface area contributed by atoms with Gasteiger partial charge in [0.2, 0.25) is 0 Å². The van der Waals surface area contributed by atoms with Gasteiger partial charge in [0.05, 0.1) is 24.6 Å². The van der Waals surface area contributed by atoms with Crippen molar-refractivity contribution < 1.29 is 8.83 Å². The monoisotopic (exact) mass is 590 g/mol. The Hall–Kier alpha value is -4.94. The van der Waals surface area contributed by atoms with Crippen molar-refractivity contribution in [2.45, 2.75) is 39.0 Å². The molecule has 44 heavy (non-hydrogen) atoms. The van der Waals surface area contributed by atoms with Crippen molar-refractivity contribution in [3.05, 3.63) is 131 Å². The molecule has 6 aromatic rings. The smallest absolute Gasteiger partial charge is 0.173 e. The van der Waals surface area contributed by atoms with Gasteiger partial charge in [-0.2, -0.15) is 0 Å². The fourth-order valence-corrected chi connectivity index (χ4v) is 5.94. The van der Waals surface area contributed by atoms with Crippen LogP contribution in [0.1, 0.15) is 57.5 Å². The van der Waals surface area contributed by atoms with Gasteiger partial charge in [-0.05, 0) is 70.1 Å². The zero-order valence-corrected chi connectivity index (χ0v) is 24.8. The average Bonchev–Trinajstić information content (AvgIpc) is 3.88. The molecule has 0 bridgehead atoms. The van der Waals surface area contributed by atoms with Gasteiger partial charge in [0.1, 0.15) is 24.6 Å². The molecule has 0 radical (unpaired) electrons. The van der Waals surface area contributed by atoms with E-state index in [1.54, 1.807) is 12.5 Å². The number of rotatable bonds is 10. The highest BCUT2D eigenvalue weighted by molar-refractivity contribution is 5.30. The molecule has 1 aliphatic rings. The molecule has 4 aromatic heterocycles. The summed E-state index contributed by atoms with van der Waals surface area (Å²) in [5, 5.41) is 25.9. The predicted octanol–water partition coefficient (Wildman–Crippen LogP) is 4.06. The second-order valence-corrected chi connectivity index (χ2v) is 11.2. The van der Waals surface area contributed by atoms with Gasteiger partial charge in [-0.1, -0.05) is 59.7 Å². The Balaban J connectivity index is 1.18. The van der Waals surface area contributed by atoms with Crippen LogP contribution in [0, 0.1) is 13.8 Å². The van der Waals surface area contributed by atoms with Gasteiger partial charge in [-0.25, -0.2) is 9.36 Å². The first-order chi connectivity index (χ1) is 21.6. The van der Waals surface area contributed by atoms with Gasteiger partial charge in [0, 0.05) is 26.2 Å². The van der Waals surface area contributed by atoms with E-state index in [-0.39, 0.29) is 12.1 Å². The molecule has 0 aliphatic carbocycles. The van der Waals surface area contributed by atoms with E-state index in [1.165, 1.54) is 11.1 Å². The summed E-state index contributed by atoms with van der Waals surface area (Å²) in [5.41, 5.74) is 4.72. The molecule has 0 saturated carbocycles. The highest BCUT2D eigenvalue weighted by Crippen LogP contribution is 2.33. The summed E-state index contributed by atoms with van der Waals surface area (Å²) >= 11 is 0. The van der Waals surface area contributed by atoms with Crippen molar-refractivity contribution in [3.63, 3.8) is 0 Å². The summed E-state index contributed by atoms with van der Waals surface area (Å²) in [6, 6.07) is 24.7. The molecule has 224 valence electrons. The van der Waals surface area contributed by atoms with E-state index in [9.17, 15) is 0 Å². The first-order valence-corrected chi connectivity index (χ1v) is 14.8. The number of nitrogens with zero attached hydrogens (tertiary/aromatic N) is 10. The van der Waals surface area contributed by atoms with Gasteiger partial charge in [-0.15, -0.1) is 10.2 Å². The van der Waals surface area contributed by atoms with Crippen molar-refractivity contribution in [1.82, 2.24) is 50.2 Å². The molecular weight excluding hydrogens is 556 g/mol. The van der Waals surface area contributed by atoms with Crippen molar-refractivity contribution in [2.24, 2.45) is 0 Å². The maximum absolute atomic E-state index is 5.62. The number of furan rings is 2. The molecule has 0 amide bonds. The lowest BCUT2D eigenvalue weighted by Gasteiger charge is -2.41. The van der Waals surface area contributed by atoms with Gasteiger partial charge in [-0.3, -0.25) is 9.80 Å². The average molecular weight is 591 g/mol. The van der Waals surface area contributed by atoms with Crippen LogP contribution in [0.5, 0.6) is 0 Å². The topological polar surface area (TPSA) is 120 Å². The van der Waals surface area contributed by atoms with E-state index in [2.05, 4.69) is 103 Å².